The molecule has 0 aliphatic carbocycles. The Balaban J connectivity index is 2.03. The molecule has 1 unspecified atom stereocenters. The third-order valence-electron chi connectivity index (χ3n) is 2.13. The molecule has 0 spiro atoms. The summed E-state index contributed by atoms with van der Waals surface area (Å²) in [6.07, 6.45) is 5.10. The van der Waals surface area contributed by atoms with E-state index < -0.39 is 0 Å². The summed E-state index contributed by atoms with van der Waals surface area (Å²) in [6, 6.07) is 0. The zero-order chi connectivity index (χ0) is 8.10. The van der Waals surface area contributed by atoms with Crippen molar-refractivity contribution in [3.05, 3.63) is 12.7 Å². The van der Waals surface area contributed by atoms with Gasteiger partial charge in [0.05, 0.1) is 6.10 Å². The lowest BCUT2D eigenvalue weighted by Crippen LogP contribution is -2.22. The first-order valence-corrected chi connectivity index (χ1v) is 4.34. The van der Waals surface area contributed by atoms with E-state index in [9.17, 15) is 5.11 Å². The predicted molar refractivity (Wildman–Crippen MR) is 46.5 cm³/mol. The molecule has 1 rings (SSSR count). The Morgan fingerprint density at radius 2 is 2.45 bits per heavy atom. The van der Waals surface area contributed by atoms with Crippen LogP contribution in [0.3, 0.4) is 0 Å². The van der Waals surface area contributed by atoms with Crippen LogP contribution in [-0.2, 0) is 0 Å². The van der Waals surface area contributed by atoms with Crippen molar-refractivity contribution >= 4 is 0 Å². The summed E-state index contributed by atoms with van der Waals surface area (Å²) in [7, 11) is 0. The Hall–Kier alpha value is -0.340. The van der Waals surface area contributed by atoms with Crippen molar-refractivity contribution in [2.45, 2.75) is 25.4 Å². The molecule has 0 saturated carbocycles. The first-order chi connectivity index (χ1) is 5.33. The van der Waals surface area contributed by atoms with E-state index in [1.807, 2.05) is 6.08 Å². The average molecular weight is 155 g/mol. The van der Waals surface area contributed by atoms with Gasteiger partial charge >= 0.3 is 0 Å². The van der Waals surface area contributed by atoms with Crippen LogP contribution in [0.4, 0.5) is 0 Å². The Labute approximate surface area is 68.5 Å². The Kier molecular flexibility index (Phi) is 3.60. The van der Waals surface area contributed by atoms with Gasteiger partial charge in [0.2, 0.25) is 0 Å². The van der Waals surface area contributed by atoms with E-state index in [0.717, 1.165) is 32.5 Å². The molecule has 0 amide bonds. The van der Waals surface area contributed by atoms with E-state index in [1.165, 1.54) is 6.42 Å². The number of hydrogen-bond acceptors (Lipinski definition) is 2. The molecule has 2 heteroatoms. The molecule has 11 heavy (non-hydrogen) atoms. The number of rotatable bonds is 4. The van der Waals surface area contributed by atoms with Crippen molar-refractivity contribution in [1.82, 2.24) is 4.90 Å². The monoisotopic (exact) mass is 155 g/mol. The molecule has 64 valence electrons. The predicted octanol–water partition coefficient (Wildman–Crippen LogP) is 1.02. The minimum atomic E-state index is -0.0706. The highest BCUT2D eigenvalue weighted by atomic mass is 16.3. The molecule has 1 heterocycles. The van der Waals surface area contributed by atoms with E-state index >= 15 is 0 Å². The Bertz CT molecular complexity index is 125. The van der Waals surface area contributed by atoms with Crippen LogP contribution in [0.5, 0.6) is 0 Å². The fourth-order valence-corrected chi connectivity index (χ4v) is 1.47. The van der Waals surface area contributed by atoms with E-state index in [0.29, 0.717) is 0 Å². The van der Waals surface area contributed by atoms with Gasteiger partial charge < -0.3 is 10.0 Å². The second kappa shape index (κ2) is 4.52. The van der Waals surface area contributed by atoms with E-state index in [-0.39, 0.29) is 6.10 Å². The maximum atomic E-state index is 9.19. The number of nitrogens with zero attached hydrogens (tertiary/aromatic N) is 1. The quantitative estimate of drug-likeness (QED) is 0.484. The van der Waals surface area contributed by atoms with Gasteiger partial charge in [-0.05, 0) is 25.8 Å². The molecule has 1 aliphatic heterocycles. The van der Waals surface area contributed by atoms with Crippen LogP contribution in [0, 0.1) is 0 Å². The molecule has 1 aliphatic rings. The van der Waals surface area contributed by atoms with E-state index in [1.54, 1.807) is 0 Å². The summed E-state index contributed by atoms with van der Waals surface area (Å²) in [6.45, 7) is 6.73. The van der Waals surface area contributed by atoms with Crippen LogP contribution in [-0.4, -0.2) is 35.7 Å². The fraction of sp³-hybridized carbons (Fsp3) is 0.778. The lowest BCUT2D eigenvalue weighted by atomic mass is 10.3. The summed E-state index contributed by atoms with van der Waals surface area (Å²) >= 11 is 0. The zero-order valence-electron chi connectivity index (χ0n) is 7.00. The van der Waals surface area contributed by atoms with Gasteiger partial charge in [0.1, 0.15) is 0 Å². The van der Waals surface area contributed by atoms with Gasteiger partial charge in [-0.15, -0.1) is 6.58 Å². The fourth-order valence-electron chi connectivity index (χ4n) is 1.47. The Morgan fingerprint density at radius 3 is 3.00 bits per heavy atom. The van der Waals surface area contributed by atoms with Crippen LogP contribution in [0.15, 0.2) is 12.7 Å². The highest BCUT2D eigenvalue weighted by Crippen LogP contribution is 2.09. The molecule has 0 aromatic heterocycles. The minimum absolute atomic E-state index is 0.0706. The standard InChI is InChI=1S/C9H17NO/c1-2-3-4-6-10-7-5-9(11)8-10/h2,9,11H,1,3-8H2. The molecule has 1 saturated heterocycles. The zero-order valence-corrected chi connectivity index (χ0v) is 7.00. The number of β-amino-alcohol motifs (C(OH)–C–C–N with tert-alkyl or cyclic N) is 1. The molecule has 1 fully saturated rings. The van der Waals surface area contributed by atoms with Crippen LogP contribution >= 0.6 is 0 Å². The molecule has 0 aromatic rings. The molecule has 1 N–H and O–H groups in total. The van der Waals surface area contributed by atoms with E-state index in [2.05, 4.69) is 11.5 Å². The van der Waals surface area contributed by atoms with Crippen molar-refractivity contribution in [2.24, 2.45) is 0 Å². The molecular weight excluding hydrogens is 138 g/mol. The van der Waals surface area contributed by atoms with Gasteiger partial charge in [0.15, 0.2) is 0 Å². The summed E-state index contributed by atoms with van der Waals surface area (Å²) in [5.41, 5.74) is 0. The van der Waals surface area contributed by atoms with Crippen LogP contribution in [0.2, 0.25) is 0 Å². The van der Waals surface area contributed by atoms with Crippen molar-refractivity contribution < 1.29 is 5.11 Å². The van der Waals surface area contributed by atoms with Crippen LogP contribution < -0.4 is 0 Å². The summed E-state index contributed by atoms with van der Waals surface area (Å²) < 4.78 is 0. The molecule has 2 nitrogen and oxygen atoms in total. The molecule has 0 radical (unpaired) electrons. The number of likely N-dealkylation sites (tertiary alicyclic amines) is 1. The number of aliphatic hydroxyl groups is 1. The molecule has 0 bridgehead atoms. The van der Waals surface area contributed by atoms with Gasteiger partial charge in [-0.2, -0.15) is 0 Å². The molecule has 1 atom stereocenters. The highest BCUT2D eigenvalue weighted by molar-refractivity contribution is 4.75. The third kappa shape index (κ3) is 3.04. The second-order valence-electron chi connectivity index (χ2n) is 3.17. The smallest absolute Gasteiger partial charge is 0.0679 e. The van der Waals surface area contributed by atoms with E-state index in [4.69, 9.17) is 0 Å². The summed E-state index contributed by atoms with van der Waals surface area (Å²) in [5.74, 6) is 0. The number of hydrogen-bond donors (Lipinski definition) is 1. The van der Waals surface area contributed by atoms with Crippen molar-refractivity contribution in [3.63, 3.8) is 0 Å². The first-order valence-electron chi connectivity index (χ1n) is 4.34. The van der Waals surface area contributed by atoms with Crippen molar-refractivity contribution in [1.29, 1.82) is 0 Å². The lowest BCUT2D eigenvalue weighted by Gasteiger charge is -2.13. The SMILES string of the molecule is C=CCCCN1CCC(O)C1. The van der Waals surface area contributed by atoms with Gasteiger partial charge in [0.25, 0.3) is 0 Å². The summed E-state index contributed by atoms with van der Waals surface area (Å²) in [4.78, 5) is 2.31. The van der Waals surface area contributed by atoms with Crippen LogP contribution in [0.25, 0.3) is 0 Å². The maximum absolute atomic E-state index is 9.19. The lowest BCUT2D eigenvalue weighted by molar-refractivity contribution is 0.176. The second-order valence-corrected chi connectivity index (χ2v) is 3.17. The number of unbranched alkanes of at least 4 members (excludes halogenated alkanes) is 1. The average Bonchev–Trinajstić information content (AvgIpc) is 2.37. The van der Waals surface area contributed by atoms with Gasteiger partial charge in [-0.3, -0.25) is 0 Å². The maximum Gasteiger partial charge on any atom is 0.0679 e. The van der Waals surface area contributed by atoms with Crippen molar-refractivity contribution in [2.75, 3.05) is 19.6 Å². The topological polar surface area (TPSA) is 23.5 Å². The minimum Gasteiger partial charge on any atom is -0.392 e. The van der Waals surface area contributed by atoms with Gasteiger partial charge in [-0.25, -0.2) is 0 Å². The first kappa shape index (κ1) is 8.75. The summed E-state index contributed by atoms with van der Waals surface area (Å²) in [5, 5.41) is 9.19. The normalized spacial score (nSPS) is 25.7. The number of allylic oxidation sites excluding steroid dienone is 1. The van der Waals surface area contributed by atoms with Gasteiger partial charge in [0, 0.05) is 13.1 Å². The molecule has 0 aromatic carbocycles. The third-order valence-corrected chi connectivity index (χ3v) is 2.13. The largest absolute Gasteiger partial charge is 0.392 e. The molecular formula is C9H17NO. The van der Waals surface area contributed by atoms with Gasteiger partial charge in [-0.1, -0.05) is 6.08 Å². The van der Waals surface area contributed by atoms with Crippen LogP contribution in [0.1, 0.15) is 19.3 Å². The van der Waals surface area contributed by atoms with Crippen molar-refractivity contribution in [3.8, 4) is 0 Å². The highest BCUT2D eigenvalue weighted by Gasteiger charge is 2.18. The number of aliphatic hydroxyl groups excluding tert-OH is 1. The Morgan fingerprint density at radius 1 is 1.64 bits per heavy atom.